The number of hydrogen-bond acceptors (Lipinski definition) is 3. The van der Waals surface area contributed by atoms with Crippen LogP contribution in [0.5, 0.6) is 0 Å². The number of urea groups is 1. The average Bonchev–Trinajstić information content (AvgIpc) is 2.26. The maximum atomic E-state index is 11.4. The lowest BCUT2D eigenvalue weighted by Gasteiger charge is -2.18. The van der Waals surface area contributed by atoms with Crippen molar-refractivity contribution < 1.29 is 19.5 Å². The molecule has 7 heteroatoms. The maximum Gasteiger partial charge on any atom is 0.315 e. The molecule has 0 aliphatic carbocycles. The van der Waals surface area contributed by atoms with Crippen molar-refractivity contribution in [2.45, 2.75) is 39.2 Å². The van der Waals surface area contributed by atoms with Gasteiger partial charge in [-0.25, -0.2) is 4.79 Å². The van der Waals surface area contributed by atoms with Crippen LogP contribution in [0.1, 0.15) is 33.1 Å². The van der Waals surface area contributed by atoms with E-state index in [1.807, 2.05) is 0 Å². The lowest BCUT2D eigenvalue weighted by molar-refractivity contribution is -0.141. The predicted octanol–water partition coefficient (Wildman–Crippen LogP) is 0.0504. The molecule has 0 radical (unpaired) electrons. The first-order valence-corrected chi connectivity index (χ1v) is 5.90. The highest BCUT2D eigenvalue weighted by Gasteiger charge is 2.20. The van der Waals surface area contributed by atoms with Crippen LogP contribution in [-0.2, 0) is 9.59 Å². The Kier molecular flexibility index (Phi) is 7.50. The fraction of sp³-hybridized carbons (Fsp3) is 0.727. The molecule has 2 atom stereocenters. The first-order chi connectivity index (χ1) is 8.34. The highest BCUT2D eigenvalue weighted by atomic mass is 16.4. The van der Waals surface area contributed by atoms with Crippen LogP contribution < -0.4 is 16.4 Å². The lowest BCUT2D eigenvalue weighted by Crippen LogP contribution is -2.45. The Morgan fingerprint density at radius 1 is 1.22 bits per heavy atom. The maximum absolute atomic E-state index is 11.4. The summed E-state index contributed by atoms with van der Waals surface area (Å²) in [7, 11) is 0. The summed E-state index contributed by atoms with van der Waals surface area (Å²) < 4.78 is 0. The zero-order valence-electron chi connectivity index (χ0n) is 10.7. The monoisotopic (exact) mass is 259 g/mol. The molecular weight excluding hydrogens is 238 g/mol. The van der Waals surface area contributed by atoms with Crippen LogP contribution in [0.2, 0.25) is 0 Å². The molecule has 0 aliphatic rings. The number of carbonyl (C=O) groups is 3. The zero-order chi connectivity index (χ0) is 14.1. The standard InChI is InChI=1S/C11H21N3O4/c1-7(10(16)17)8(2)14-11(18)13-6-4-3-5-9(12)15/h7-8H,3-6H2,1-2H3,(H2,12,15)(H,16,17)(H2,13,14,18). The molecule has 3 amide bonds. The number of nitrogens with one attached hydrogen (secondary N) is 2. The van der Waals surface area contributed by atoms with E-state index >= 15 is 0 Å². The number of carbonyl (C=O) groups excluding carboxylic acids is 2. The Labute approximate surface area is 106 Å². The van der Waals surface area contributed by atoms with E-state index < -0.39 is 24.0 Å². The number of amides is 3. The minimum absolute atomic E-state index is 0.301. The molecule has 0 fully saturated rings. The Hall–Kier alpha value is -1.79. The van der Waals surface area contributed by atoms with Gasteiger partial charge in [-0.05, 0) is 26.7 Å². The molecule has 104 valence electrons. The largest absolute Gasteiger partial charge is 0.481 e. The van der Waals surface area contributed by atoms with Crippen LogP contribution in [0.3, 0.4) is 0 Å². The molecule has 0 heterocycles. The van der Waals surface area contributed by atoms with E-state index in [4.69, 9.17) is 10.8 Å². The van der Waals surface area contributed by atoms with Gasteiger partial charge in [0.25, 0.3) is 0 Å². The fourth-order valence-electron chi connectivity index (χ4n) is 1.22. The van der Waals surface area contributed by atoms with Crippen LogP contribution in [0.4, 0.5) is 4.79 Å². The van der Waals surface area contributed by atoms with Gasteiger partial charge in [-0.15, -0.1) is 0 Å². The first-order valence-electron chi connectivity index (χ1n) is 5.90. The Morgan fingerprint density at radius 3 is 2.33 bits per heavy atom. The SMILES string of the molecule is CC(NC(=O)NCCCCC(N)=O)C(C)C(=O)O. The Bertz CT molecular complexity index is 307. The highest BCUT2D eigenvalue weighted by molar-refractivity contribution is 5.76. The van der Waals surface area contributed by atoms with Crippen molar-refractivity contribution in [3.8, 4) is 0 Å². The van der Waals surface area contributed by atoms with Crippen molar-refractivity contribution in [2.75, 3.05) is 6.54 Å². The van der Waals surface area contributed by atoms with Gasteiger partial charge in [0, 0.05) is 19.0 Å². The van der Waals surface area contributed by atoms with E-state index in [-0.39, 0.29) is 5.91 Å². The molecular formula is C11H21N3O4. The normalized spacial score (nSPS) is 13.4. The molecule has 0 spiro atoms. The van der Waals surface area contributed by atoms with Crippen molar-refractivity contribution in [1.82, 2.24) is 10.6 Å². The van der Waals surface area contributed by atoms with Crippen LogP contribution in [0.15, 0.2) is 0 Å². The lowest BCUT2D eigenvalue weighted by atomic mass is 10.0. The molecule has 0 rings (SSSR count). The second-order valence-electron chi connectivity index (χ2n) is 4.24. The quantitative estimate of drug-likeness (QED) is 0.460. The van der Waals surface area contributed by atoms with Crippen molar-refractivity contribution in [3.63, 3.8) is 0 Å². The topological polar surface area (TPSA) is 122 Å². The third-order valence-corrected chi connectivity index (χ3v) is 2.63. The van der Waals surface area contributed by atoms with Gasteiger partial charge in [-0.2, -0.15) is 0 Å². The van der Waals surface area contributed by atoms with Crippen LogP contribution in [-0.4, -0.2) is 35.6 Å². The number of carboxylic acids is 1. The van der Waals surface area contributed by atoms with Crippen LogP contribution in [0.25, 0.3) is 0 Å². The summed E-state index contributed by atoms with van der Waals surface area (Å²) in [5.74, 6) is -1.96. The van der Waals surface area contributed by atoms with Gasteiger partial charge in [0.2, 0.25) is 5.91 Å². The van der Waals surface area contributed by atoms with Crippen LogP contribution in [0, 0.1) is 5.92 Å². The number of nitrogens with two attached hydrogens (primary N) is 1. The highest BCUT2D eigenvalue weighted by Crippen LogP contribution is 2.01. The molecule has 0 aromatic rings. The molecule has 18 heavy (non-hydrogen) atoms. The number of carboxylic acid groups (broad SMARTS) is 1. The van der Waals surface area contributed by atoms with Crippen molar-refractivity contribution in [3.05, 3.63) is 0 Å². The van der Waals surface area contributed by atoms with E-state index in [0.717, 1.165) is 0 Å². The summed E-state index contributed by atoms with van der Waals surface area (Å²) in [6.07, 6.45) is 1.58. The molecule has 0 aromatic heterocycles. The first kappa shape index (κ1) is 16.2. The van der Waals surface area contributed by atoms with Gasteiger partial charge in [0.1, 0.15) is 0 Å². The van der Waals surface area contributed by atoms with Gasteiger partial charge in [0.05, 0.1) is 5.92 Å². The summed E-state index contributed by atoms with van der Waals surface area (Å²) in [5.41, 5.74) is 4.97. The summed E-state index contributed by atoms with van der Waals surface area (Å²) in [5, 5.41) is 13.9. The van der Waals surface area contributed by atoms with E-state index in [2.05, 4.69) is 10.6 Å². The number of hydrogen-bond donors (Lipinski definition) is 4. The Morgan fingerprint density at radius 2 is 1.83 bits per heavy atom. The smallest absolute Gasteiger partial charge is 0.315 e. The van der Waals surface area contributed by atoms with Gasteiger partial charge in [-0.1, -0.05) is 0 Å². The molecule has 0 aromatic carbocycles. The van der Waals surface area contributed by atoms with E-state index in [1.54, 1.807) is 6.92 Å². The van der Waals surface area contributed by atoms with Crippen molar-refractivity contribution >= 4 is 17.9 Å². The van der Waals surface area contributed by atoms with Gasteiger partial charge < -0.3 is 21.5 Å². The average molecular weight is 259 g/mol. The van der Waals surface area contributed by atoms with Crippen molar-refractivity contribution in [2.24, 2.45) is 11.7 Å². The number of unbranched alkanes of at least 4 members (excludes halogenated alkanes) is 1. The molecule has 0 bridgehead atoms. The van der Waals surface area contributed by atoms with E-state index in [9.17, 15) is 14.4 Å². The predicted molar refractivity (Wildman–Crippen MR) is 65.8 cm³/mol. The number of aliphatic carboxylic acids is 1. The zero-order valence-corrected chi connectivity index (χ0v) is 10.7. The summed E-state index contributed by atoms with van der Waals surface area (Å²) >= 11 is 0. The molecule has 0 aliphatic heterocycles. The minimum Gasteiger partial charge on any atom is -0.481 e. The number of primary amides is 1. The van der Waals surface area contributed by atoms with E-state index in [0.29, 0.717) is 25.8 Å². The summed E-state index contributed by atoms with van der Waals surface area (Å²) in [6, 6.07) is -0.859. The number of rotatable bonds is 8. The second-order valence-corrected chi connectivity index (χ2v) is 4.24. The second kappa shape index (κ2) is 8.32. The summed E-state index contributed by atoms with van der Waals surface area (Å²) in [4.78, 5) is 32.5. The fourth-order valence-corrected chi connectivity index (χ4v) is 1.22. The molecule has 7 nitrogen and oxygen atoms in total. The molecule has 5 N–H and O–H groups in total. The van der Waals surface area contributed by atoms with Crippen molar-refractivity contribution in [1.29, 1.82) is 0 Å². The Balaban J connectivity index is 3.71. The van der Waals surface area contributed by atoms with Gasteiger partial charge in [0.15, 0.2) is 0 Å². The minimum atomic E-state index is -0.954. The molecule has 0 saturated carbocycles. The van der Waals surface area contributed by atoms with Gasteiger partial charge >= 0.3 is 12.0 Å². The molecule has 2 unspecified atom stereocenters. The van der Waals surface area contributed by atoms with Crippen LogP contribution >= 0.6 is 0 Å². The third-order valence-electron chi connectivity index (χ3n) is 2.63. The van der Waals surface area contributed by atoms with E-state index in [1.165, 1.54) is 6.92 Å². The molecule has 0 saturated heterocycles. The third kappa shape index (κ3) is 7.48. The summed E-state index contributed by atoms with van der Waals surface area (Å²) in [6.45, 7) is 3.58. The van der Waals surface area contributed by atoms with Gasteiger partial charge in [-0.3, -0.25) is 9.59 Å².